The van der Waals surface area contributed by atoms with Crippen molar-refractivity contribution in [3.05, 3.63) is 78.6 Å². The number of hydrogen-bond donors (Lipinski definition) is 1. The molecule has 6 heteroatoms. The molecule has 1 amide bonds. The van der Waals surface area contributed by atoms with Crippen LogP contribution >= 0.6 is 0 Å². The van der Waals surface area contributed by atoms with Crippen LogP contribution in [-0.4, -0.2) is 20.1 Å². The fourth-order valence-electron chi connectivity index (χ4n) is 3.14. The van der Waals surface area contributed by atoms with Crippen molar-refractivity contribution >= 4 is 22.6 Å². The maximum Gasteiger partial charge on any atom is 0.228 e. The Balaban J connectivity index is 1.40. The molecule has 0 atom stereocenters. The number of ether oxygens (including phenoxy) is 3. The Hall–Kier alpha value is -3.93. The first-order chi connectivity index (χ1) is 14.7. The monoisotopic (exact) mass is 403 g/mol. The number of carbonyl (C=O) groups is 1. The number of furan rings is 1. The molecule has 1 heterocycles. The number of benzene rings is 3. The van der Waals surface area contributed by atoms with Gasteiger partial charge in [-0.1, -0.05) is 12.1 Å². The number of nitrogens with one attached hydrogen (secondary N) is 1. The van der Waals surface area contributed by atoms with E-state index in [4.69, 9.17) is 18.6 Å². The second kappa shape index (κ2) is 8.61. The topological polar surface area (TPSA) is 69.9 Å². The van der Waals surface area contributed by atoms with Crippen LogP contribution in [0, 0.1) is 0 Å². The third kappa shape index (κ3) is 4.22. The van der Waals surface area contributed by atoms with E-state index in [-0.39, 0.29) is 12.3 Å². The zero-order chi connectivity index (χ0) is 20.9. The lowest BCUT2D eigenvalue weighted by atomic mass is 10.1. The highest BCUT2D eigenvalue weighted by molar-refractivity contribution is 5.95. The van der Waals surface area contributed by atoms with Crippen LogP contribution in [0.15, 0.2) is 77.4 Å². The molecule has 0 spiro atoms. The van der Waals surface area contributed by atoms with Crippen LogP contribution in [0.2, 0.25) is 0 Å². The maximum absolute atomic E-state index is 12.5. The Morgan fingerprint density at radius 3 is 2.37 bits per heavy atom. The lowest BCUT2D eigenvalue weighted by molar-refractivity contribution is -0.115. The van der Waals surface area contributed by atoms with Gasteiger partial charge in [-0.3, -0.25) is 4.79 Å². The molecule has 0 unspecified atom stereocenters. The molecule has 3 aromatic carbocycles. The van der Waals surface area contributed by atoms with Crippen LogP contribution in [0.1, 0.15) is 5.56 Å². The number of amides is 1. The largest absolute Gasteiger partial charge is 0.497 e. The smallest absolute Gasteiger partial charge is 0.228 e. The molecule has 30 heavy (non-hydrogen) atoms. The lowest BCUT2D eigenvalue weighted by Crippen LogP contribution is -2.14. The highest BCUT2D eigenvalue weighted by Crippen LogP contribution is 2.31. The number of para-hydroxylation sites is 2. The number of fused-ring (bicyclic) bond motifs is 1. The summed E-state index contributed by atoms with van der Waals surface area (Å²) in [5, 5.41) is 3.79. The molecule has 0 radical (unpaired) electrons. The minimum atomic E-state index is -0.132. The Bertz CT molecular complexity index is 1160. The Labute approximate surface area is 174 Å². The van der Waals surface area contributed by atoms with Gasteiger partial charge in [0.1, 0.15) is 17.1 Å². The van der Waals surface area contributed by atoms with Crippen molar-refractivity contribution in [1.82, 2.24) is 0 Å². The summed E-state index contributed by atoms with van der Waals surface area (Å²) in [6.07, 6.45) is 1.81. The quantitative estimate of drug-likeness (QED) is 0.446. The summed E-state index contributed by atoms with van der Waals surface area (Å²) in [4.78, 5) is 12.5. The Kier molecular flexibility index (Phi) is 5.57. The van der Waals surface area contributed by atoms with Crippen molar-refractivity contribution in [1.29, 1.82) is 0 Å². The van der Waals surface area contributed by atoms with E-state index in [0.717, 1.165) is 10.9 Å². The number of carbonyl (C=O) groups excluding carboxylic acids is 1. The fraction of sp³-hybridized carbons (Fsp3) is 0.125. The summed E-state index contributed by atoms with van der Waals surface area (Å²) < 4.78 is 21.9. The fourth-order valence-corrected chi connectivity index (χ4v) is 3.14. The van der Waals surface area contributed by atoms with Gasteiger partial charge in [0.2, 0.25) is 5.91 Å². The number of anilines is 1. The van der Waals surface area contributed by atoms with Crippen molar-refractivity contribution in [2.75, 3.05) is 19.5 Å². The van der Waals surface area contributed by atoms with Gasteiger partial charge in [0.15, 0.2) is 11.5 Å². The van der Waals surface area contributed by atoms with Gasteiger partial charge in [-0.2, -0.15) is 0 Å². The first kappa shape index (κ1) is 19.4. The molecule has 0 aliphatic rings. The summed E-state index contributed by atoms with van der Waals surface area (Å²) in [6, 6.07) is 20.1. The minimum absolute atomic E-state index is 0.132. The normalized spacial score (nSPS) is 10.6. The average molecular weight is 403 g/mol. The predicted molar refractivity (Wildman–Crippen MR) is 115 cm³/mol. The summed E-state index contributed by atoms with van der Waals surface area (Å²) in [7, 11) is 3.20. The van der Waals surface area contributed by atoms with Crippen molar-refractivity contribution in [2.24, 2.45) is 0 Å². The second-order valence-corrected chi connectivity index (χ2v) is 6.63. The van der Waals surface area contributed by atoms with Gasteiger partial charge in [0.05, 0.1) is 26.9 Å². The average Bonchev–Trinajstić information content (AvgIpc) is 3.17. The molecule has 0 fully saturated rings. The summed E-state index contributed by atoms with van der Waals surface area (Å²) >= 11 is 0. The number of rotatable bonds is 7. The van der Waals surface area contributed by atoms with Crippen LogP contribution in [-0.2, 0) is 11.2 Å². The molecule has 0 aliphatic carbocycles. The van der Waals surface area contributed by atoms with E-state index >= 15 is 0 Å². The molecule has 152 valence electrons. The molecule has 0 bridgehead atoms. The van der Waals surface area contributed by atoms with Gasteiger partial charge in [-0.05, 0) is 48.5 Å². The highest BCUT2D eigenvalue weighted by atomic mass is 16.5. The van der Waals surface area contributed by atoms with E-state index in [2.05, 4.69) is 5.32 Å². The number of hydrogen-bond acceptors (Lipinski definition) is 5. The van der Waals surface area contributed by atoms with Gasteiger partial charge in [-0.15, -0.1) is 0 Å². The molecule has 6 nitrogen and oxygen atoms in total. The summed E-state index contributed by atoms with van der Waals surface area (Å²) in [5.74, 6) is 2.50. The molecular weight excluding hydrogens is 382 g/mol. The highest BCUT2D eigenvalue weighted by Gasteiger charge is 2.12. The van der Waals surface area contributed by atoms with Crippen molar-refractivity contribution < 1.29 is 23.4 Å². The lowest BCUT2D eigenvalue weighted by Gasteiger charge is -2.10. The van der Waals surface area contributed by atoms with E-state index in [1.807, 2.05) is 36.4 Å². The second-order valence-electron chi connectivity index (χ2n) is 6.63. The minimum Gasteiger partial charge on any atom is -0.497 e. The standard InChI is InChI=1S/C24H21NO5/c1-27-19-11-12-20-16(15-29-23(20)14-19)13-24(26)25-17-7-9-18(10-8-17)30-22-6-4-3-5-21(22)28-2/h3-12,14-15H,13H2,1-2H3,(H,25,26). The van der Waals surface area contributed by atoms with Gasteiger partial charge < -0.3 is 23.9 Å². The number of methoxy groups -OCH3 is 2. The van der Waals surface area contributed by atoms with Crippen LogP contribution < -0.4 is 19.5 Å². The van der Waals surface area contributed by atoms with E-state index in [9.17, 15) is 4.79 Å². The van der Waals surface area contributed by atoms with Crippen LogP contribution in [0.4, 0.5) is 5.69 Å². The zero-order valence-corrected chi connectivity index (χ0v) is 16.7. The van der Waals surface area contributed by atoms with E-state index in [0.29, 0.717) is 34.3 Å². The van der Waals surface area contributed by atoms with Gasteiger partial charge in [-0.25, -0.2) is 0 Å². The van der Waals surface area contributed by atoms with Gasteiger partial charge in [0, 0.05) is 22.7 Å². The summed E-state index contributed by atoms with van der Waals surface area (Å²) in [6.45, 7) is 0. The third-order valence-corrected chi connectivity index (χ3v) is 4.65. The SMILES string of the molecule is COc1ccc2c(CC(=O)Nc3ccc(Oc4ccccc4OC)cc3)coc2c1. The molecule has 1 aromatic heterocycles. The molecule has 4 aromatic rings. The van der Waals surface area contributed by atoms with Crippen molar-refractivity contribution in [3.8, 4) is 23.0 Å². The molecular formula is C24H21NO5. The van der Waals surface area contributed by atoms with Crippen LogP contribution in [0.5, 0.6) is 23.0 Å². The predicted octanol–water partition coefficient (Wildman–Crippen LogP) is 5.42. The Morgan fingerprint density at radius 1 is 0.900 bits per heavy atom. The zero-order valence-electron chi connectivity index (χ0n) is 16.7. The van der Waals surface area contributed by atoms with Crippen LogP contribution in [0.25, 0.3) is 11.0 Å². The molecule has 0 aliphatic heterocycles. The molecule has 4 rings (SSSR count). The Morgan fingerprint density at radius 2 is 1.63 bits per heavy atom. The van der Waals surface area contributed by atoms with E-state index < -0.39 is 0 Å². The summed E-state index contributed by atoms with van der Waals surface area (Å²) in [5.41, 5.74) is 2.19. The van der Waals surface area contributed by atoms with Gasteiger partial charge >= 0.3 is 0 Å². The first-order valence-corrected chi connectivity index (χ1v) is 9.41. The van der Waals surface area contributed by atoms with Crippen LogP contribution in [0.3, 0.4) is 0 Å². The maximum atomic E-state index is 12.5. The molecule has 1 N–H and O–H groups in total. The third-order valence-electron chi connectivity index (χ3n) is 4.65. The molecule has 0 saturated carbocycles. The van der Waals surface area contributed by atoms with E-state index in [1.165, 1.54) is 0 Å². The van der Waals surface area contributed by atoms with E-state index in [1.54, 1.807) is 50.8 Å². The molecule has 0 saturated heterocycles. The van der Waals surface area contributed by atoms with Crippen molar-refractivity contribution in [2.45, 2.75) is 6.42 Å². The van der Waals surface area contributed by atoms with Gasteiger partial charge in [0.25, 0.3) is 0 Å². The first-order valence-electron chi connectivity index (χ1n) is 9.41. The van der Waals surface area contributed by atoms with Crippen molar-refractivity contribution in [3.63, 3.8) is 0 Å².